The summed E-state index contributed by atoms with van der Waals surface area (Å²) in [5.41, 5.74) is 0.403. The van der Waals surface area contributed by atoms with Gasteiger partial charge in [0, 0.05) is 23.9 Å². The predicted molar refractivity (Wildman–Crippen MR) is 116 cm³/mol. The van der Waals surface area contributed by atoms with Crippen LogP contribution in [0.15, 0.2) is 36.7 Å². The van der Waals surface area contributed by atoms with E-state index in [1.807, 2.05) is 12.1 Å². The summed E-state index contributed by atoms with van der Waals surface area (Å²) in [5, 5.41) is 12.3. The van der Waals surface area contributed by atoms with Crippen LogP contribution < -0.4 is 0 Å². The van der Waals surface area contributed by atoms with E-state index in [0.717, 1.165) is 5.56 Å². The molecule has 0 amide bonds. The van der Waals surface area contributed by atoms with Crippen LogP contribution in [0.5, 0.6) is 0 Å². The van der Waals surface area contributed by atoms with Crippen LogP contribution in [-0.2, 0) is 9.84 Å². The molecule has 1 saturated carbocycles. The van der Waals surface area contributed by atoms with Crippen LogP contribution >= 0.6 is 23.2 Å². The molecule has 0 spiro atoms. The summed E-state index contributed by atoms with van der Waals surface area (Å²) in [6, 6.07) is 7.30. The molecule has 0 aliphatic heterocycles. The van der Waals surface area contributed by atoms with E-state index in [0.29, 0.717) is 28.7 Å². The molecule has 1 heterocycles. The van der Waals surface area contributed by atoms with Crippen molar-refractivity contribution in [3.05, 3.63) is 58.1 Å². The lowest BCUT2D eigenvalue weighted by Crippen LogP contribution is -2.55. The average Bonchev–Trinajstić information content (AvgIpc) is 2.59. The summed E-state index contributed by atoms with van der Waals surface area (Å²) in [6.07, 6.45) is 3.93. The van der Waals surface area contributed by atoms with Gasteiger partial charge in [-0.2, -0.15) is 0 Å². The summed E-state index contributed by atoms with van der Waals surface area (Å²) in [5.74, 6) is 0.416. The topological polar surface area (TPSA) is 55.2 Å². The van der Waals surface area contributed by atoms with Gasteiger partial charge in [-0.25, -0.2) is 9.97 Å². The number of hydrogen-bond donors (Lipinski definition) is 1. The number of aliphatic hydroxyl groups excluding tert-OH is 1. The summed E-state index contributed by atoms with van der Waals surface area (Å²) in [4.78, 5) is 8.56. The molecule has 1 aromatic carbocycles. The van der Waals surface area contributed by atoms with Gasteiger partial charge >= 0.3 is 0 Å². The van der Waals surface area contributed by atoms with Crippen molar-refractivity contribution in [2.75, 3.05) is 0 Å². The minimum absolute atomic E-state index is 0.0914. The zero-order chi connectivity index (χ0) is 20.7. The maximum Gasteiger partial charge on any atom is 0.192 e. The highest BCUT2D eigenvalue weighted by Crippen LogP contribution is 2.55. The average molecular weight is 439 g/mol. The quantitative estimate of drug-likeness (QED) is 0.586. The van der Waals surface area contributed by atoms with Gasteiger partial charge in [0.15, 0.2) is 14.1 Å². The SMILES string of the molecule is CC(C)(C)[Si](C)(C)O[C@H]1C[C@](c2ccc(Cl)c(Cl)c2)([C@H](O)c2ncccn2)C1. The molecule has 1 N–H and O–H groups in total. The van der Waals surface area contributed by atoms with Crippen molar-refractivity contribution in [1.82, 2.24) is 9.97 Å². The maximum absolute atomic E-state index is 11.2. The second kappa shape index (κ2) is 7.69. The molecule has 3 rings (SSSR count). The third kappa shape index (κ3) is 4.01. The van der Waals surface area contributed by atoms with Crippen molar-refractivity contribution in [2.45, 2.75) is 69.4 Å². The largest absolute Gasteiger partial charge is 0.414 e. The Morgan fingerprint density at radius 3 is 2.29 bits per heavy atom. The number of hydrogen-bond acceptors (Lipinski definition) is 4. The highest BCUT2D eigenvalue weighted by atomic mass is 35.5. The molecule has 1 atom stereocenters. The number of benzene rings is 1. The zero-order valence-corrected chi connectivity index (χ0v) is 19.6. The Balaban J connectivity index is 1.91. The van der Waals surface area contributed by atoms with Crippen LogP contribution in [0.4, 0.5) is 0 Å². The molecule has 0 saturated heterocycles. The third-order valence-electron chi connectivity index (χ3n) is 6.30. The highest BCUT2D eigenvalue weighted by Gasteiger charge is 2.54. The molecular formula is C21H28Cl2N2O2Si. The van der Waals surface area contributed by atoms with Gasteiger partial charge in [0.25, 0.3) is 0 Å². The van der Waals surface area contributed by atoms with Gasteiger partial charge in [0.05, 0.1) is 10.0 Å². The lowest BCUT2D eigenvalue weighted by molar-refractivity contribution is -0.0547. The predicted octanol–water partition coefficient (Wildman–Crippen LogP) is 5.94. The van der Waals surface area contributed by atoms with Gasteiger partial charge in [-0.1, -0.05) is 50.0 Å². The Bertz CT molecular complexity index is 834. The first-order chi connectivity index (χ1) is 13.0. The first-order valence-electron chi connectivity index (χ1n) is 9.55. The van der Waals surface area contributed by atoms with E-state index in [4.69, 9.17) is 27.6 Å². The number of halogens is 2. The van der Waals surface area contributed by atoms with Crippen LogP contribution in [0, 0.1) is 0 Å². The number of aromatic nitrogens is 2. The molecule has 0 bridgehead atoms. The Labute approximate surface area is 178 Å². The highest BCUT2D eigenvalue weighted by molar-refractivity contribution is 6.74. The second-order valence-corrected chi connectivity index (χ2v) is 14.8. The summed E-state index contributed by atoms with van der Waals surface area (Å²) in [7, 11) is -1.90. The van der Waals surface area contributed by atoms with Gasteiger partial charge in [-0.3, -0.25) is 0 Å². The third-order valence-corrected chi connectivity index (χ3v) is 11.6. The molecule has 0 unspecified atom stereocenters. The normalized spacial score (nSPS) is 23.9. The van der Waals surface area contributed by atoms with Crippen molar-refractivity contribution in [1.29, 1.82) is 0 Å². The minimum atomic E-state index is -1.90. The van der Waals surface area contributed by atoms with E-state index < -0.39 is 19.8 Å². The molecule has 28 heavy (non-hydrogen) atoms. The first kappa shape index (κ1) is 21.7. The van der Waals surface area contributed by atoms with Crippen LogP contribution in [0.25, 0.3) is 0 Å². The van der Waals surface area contributed by atoms with Gasteiger partial charge in [-0.05, 0) is 54.7 Å². The van der Waals surface area contributed by atoms with Crippen LogP contribution in [0.2, 0.25) is 28.2 Å². The fourth-order valence-corrected chi connectivity index (χ4v) is 5.20. The number of aliphatic hydroxyl groups is 1. The fraction of sp³-hybridized carbons (Fsp3) is 0.524. The molecule has 1 aromatic heterocycles. The van der Waals surface area contributed by atoms with Gasteiger partial charge < -0.3 is 9.53 Å². The maximum atomic E-state index is 11.2. The Morgan fingerprint density at radius 1 is 1.14 bits per heavy atom. The molecule has 7 heteroatoms. The van der Waals surface area contributed by atoms with Crippen molar-refractivity contribution in [3.8, 4) is 0 Å². The van der Waals surface area contributed by atoms with E-state index in [9.17, 15) is 5.11 Å². The lowest BCUT2D eigenvalue weighted by atomic mass is 9.59. The number of nitrogens with zero attached hydrogens (tertiary/aromatic N) is 2. The number of rotatable bonds is 5. The van der Waals surface area contributed by atoms with Crippen LogP contribution in [0.1, 0.15) is 51.1 Å². The van der Waals surface area contributed by atoms with Crippen LogP contribution in [0.3, 0.4) is 0 Å². The smallest absolute Gasteiger partial charge is 0.192 e. The molecule has 1 aliphatic carbocycles. The Kier molecular flexibility index (Phi) is 5.96. The van der Waals surface area contributed by atoms with Crippen molar-refractivity contribution >= 4 is 31.5 Å². The van der Waals surface area contributed by atoms with Gasteiger partial charge in [-0.15, -0.1) is 0 Å². The summed E-state index contributed by atoms with van der Waals surface area (Å²) < 4.78 is 6.58. The summed E-state index contributed by atoms with van der Waals surface area (Å²) in [6.45, 7) is 11.2. The Hall–Kier alpha value is -0.983. The Morgan fingerprint density at radius 2 is 1.75 bits per heavy atom. The summed E-state index contributed by atoms with van der Waals surface area (Å²) >= 11 is 12.4. The van der Waals surface area contributed by atoms with Crippen molar-refractivity contribution in [3.63, 3.8) is 0 Å². The molecule has 1 aliphatic rings. The standard InChI is InChI=1S/C21H28Cl2N2O2Si/c1-20(2,3)28(4,5)27-15-12-21(13-15,14-7-8-16(22)17(23)11-14)18(26)19-24-9-6-10-25-19/h6-11,15,18,26H,12-13H2,1-5H3/t15-,18-,21-/m1/s1. The van der Waals surface area contributed by atoms with E-state index in [-0.39, 0.29) is 11.1 Å². The molecule has 152 valence electrons. The molecule has 2 aromatic rings. The van der Waals surface area contributed by atoms with E-state index in [1.165, 1.54) is 0 Å². The minimum Gasteiger partial charge on any atom is -0.414 e. The lowest BCUT2D eigenvalue weighted by Gasteiger charge is -2.53. The van der Waals surface area contributed by atoms with Crippen LogP contribution in [-0.4, -0.2) is 29.5 Å². The molecule has 4 nitrogen and oxygen atoms in total. The molecule has 0 radical (unpaired) electrons. The van der Waals surface area contributed by atoms with Crippen molar-refractivity contribution < 1.29 is 9.53 Å². The monoisotopic (exact) mass is 438 g/mol. The molecular weight excluding hydrogens is 411 g/mol. The van der Waals surface area contributed by atoms with Crippen molar-refractivity contribution in [2.24, 2.45) is 0 Å². The first-order valence-corrected chi connectivity index (χ1v) is 13.2. The van der Waals surface area contributed by atoms with Gasteiger partial charge in [0.1, 0.15) is 6.10 Å². The molecule has 1 fully saturated rings. The zero-order valence-electron chi connectivity index (χ0n) is 17.0. The fourth-order valence-electron chi connectivity index (χ4n) is 3.55. The second-order valence-electron chi connectivity index (χ2n) is 9.20. The van der Waals surface area contributed by atoms with E-state index in [1.54, 1.807) is 24.5 Å². The van der Waals surface area contributed by atoms with E-state index >= 15 is 0 Å². The van der Waals surface area contributed by atoms with Gasteiger partial charge in [0.2, 0.25) is 0 Å². The van der Waals surface area contributed by atoms with E-state index in [2.05, 4.69) is 43.8 Å².